The molecule has 2 aliphatic heterocycles. The molecule has 1 spiro atoms. The number of hydrogen-bond donors (Lipinski definition) is 0. The number of carbonyl (C=O) groups excluding carboxylic acids is 1. The van der Waals surface area contributed by atoms with E-state index in [0.717, 1.165) is 27.5 Å². The Hall–Kier alpha value is -2.12. The van der Waals surface area contributed by atoms with Crippen molar-refractivity contribution in [2.45, 2.75) is 77.1 Å². The van der Waals surface area contributed by atoms with Crippen LogP contribution in [-0.2, 0) is 27.5 Å². The van der Waals surface area contributed by atoms with Gasteiger partial charge in [0.1, 0.15) is 11.9 Å². The number of benzene rings is 1. The lowest BCUT2D eigenvalue weighted by Crippen LogP contribution is -2.47. The van der Waals surface area contributed by atoms with Gasteiger partial charge < -0.3 is 14.4 Å². The van der Waals surface area contributed by atoms with Gasteiger partial charge in [-0.05, 0) is 77.1 Å². The van der Waals surface area contributed by atoms with Gasteiger partial charge in [0, 0.05) is 25.2 Å². The van der Waals surface area contributed by atoms with Crippen LogP contribution in [0.15, 0.2) is 18.5 Å². The first-order chi connectivity index (χ1) is 14.8. The maximum absolute atomic E-state index is 12.6. The SMILES string of the molecule is Cc1cc2c(cc1Cl)C1(CCN(C(=O)OC(C)(C)C)CC1)O[C@@H]2C(C)(C)c1ncn(C)n1. The molecule has 1 amide bonds. The fourth-order valence-electron chi connectivity index (χ4n) is 4.72. The number of halogens is 1. The highest BCUT2D eigenvalue weighted by Crippen LogP contribution is 2.55. The molecule has 3 heterocycles. The second-order valence-electron chi connectivity index (χ2n) is 10.6. The van der Waals surface area contributed by atoms with Crippen LogP contribution < -0.4 is 0 Å². The number of nitrogens with zero attached hydrogens (tertiary/aromatic N) is 4. The summed E-state index contributed by atoms with van der Waals surface area (Å²) in [5.74, 6) is 0.742. The number of fused-ring (bicyclic) bond motifs is 2. The monoisotopic (exact) mass is 460 g/mol. The zero-order valence-corrected chi connectivity index (χ0v) is 20.8. The van der Waals surface area contributed by atoms with Gasteiger partial charge in [-0.2, -0.15) is 5.10 Å². The maximum Gasteiger partial charge on any atom is 0.410 e. The van der Waals surface area contributed by atoms with E-state index in [9.17, 15) is 4.79 Å². The summed E-state index contributed by atoms with van der Waals surface area (Å²) in [5, 5.41) is 5.30. The zero-order chi connectivity index (χ0) is 23.5. The van der Waals surface area contributed by atoms with Gasteiger partial charge in [0.05, 0.1) is 17.1 Å². The molecular formula is C24H33ClN4O3. The topological polar surface area (TPSA) is 69.5 Å². The number of carbonyl (C=O) groups is 1. The van der Waals surface area contributed by atoms with Gasteiger partial charge >= 0.3 is 6.09 Å². The molecule has 1 aromatic heterocycles. The van der Waals surface area contributed by atoms with Crippen LogP contribution in [0, 0.1) is 6.92 Å². The Balaban J connectivity index is 1.66. The normalized spacial score (nSPS) is 20.5. The van der Waals surface area contributed by atoms with Crippen LogP contribution in [0.3, 0.4) is 0 Å². The zero-order valence-electron chi connectivity index (χ0n) is 20.0. The molecule has 0 N–H and O–H groups in total. The standard InChI is InChI=1S/C24H33ClN4O3/c1-15-12-16-17(13-18(15)25)24(8-10-29(11-9-24)21(30)32-22(2,3)4)31-19(16)23(5,6)20-26-14-28(7)27-20/h12-14,19H,8-11H2,1-7H3/t19-/m0/s1. The van der Waals surface area contributed by atoms with Gasteiger partial charge in [-0.15, -0.1) is 0 Å². The number of likely N-dealkylation sites (tertiary alicyclic amines) is 1. The predicted molar refractivity (Wildman–Crippen MR) is 123 cm³/mol. The lowest BCUT2D eigenvalue weighted by atomic mass is 9.78. The van der Waals surface area contributed by atoms with Gasteiger partial charge in [-0.3, -0.25) is 4.68 Å². The first-order valence-electron chi connectivity index (χ1n) is 11.1. The lowest BCUT2D eigenvalue weighted by molar-refractivity contribution is -0.129. The fourth-order valence-corrected chi connectivity index (χ4v) is 4.88. The van der Waals surface area contributed by atoms with Crippen LogP contribution in [0.2, 0.25) is 5.02 Å². The second kappa shape index (κ2) is 7.73. The van der Waals surface area contributed by atoms with E-state index in [1.165, 1.54) is 0 Å². The molecule has 0 bridgehead atoms. The van der Waals surface area contributed by atoms with Crippen LogP contribution >= 0.6 is 11.6 Å². The maximum atomic E-state index is 12.6. The van der Waals surface area contributed by atoms with Gasteiger partial charge in [0.25, 0.3) is 0 Å². The van der Waals surface area contributed by atoms with E-state index in [4.69, 9.17) is 21.1 Å². The van der Waals surface area contributed by atoms with Gasteiger partial charge in [0.2, 0.25) is 0 Å². The van der Waals surface area contributed by atoms with Gasteiger partial charge in [0.15, 0.2) is 5.82 Å². The van der Waals surface area contributed by atoms with Crippen LogP contribution in [0.25, 0.3) is 0 Å². The van der Waals surface area contributed by atoms with Crippen molar-refractivity contribution in [1.29, 1.82) is 0 Å². The summed E-state index contributed by atoms with van der Waals surface area (Å²) in [5.41, 5.74) is 1.82. The van der Waals surface area contributed by atoms with Crippen molar-refractivity contribution in [1.82, 2.24) is 19.7 Å². The third-order valence-corrected chi connectivity index (χ3v) is 6.91. The van der Waals surface area contributed by atoms with Crippen molar-refractivity contribution < 1.29 is 14.3 Å². The summed E-state index contributed by atoms with van der Waals surface area (Å²) in [7, 11) is 1.87. The van der Waals surface area contributed by atoms with E-state index in [2.05, 4.69) is 36.1 Å². The minimum Gasteiger partial charge on any atom is -0.444 e. The molecular weight excluding hydrogens is 428 g/mol. The highest BCUT2D eigenvalue weighted by atomic mass is 35.5. The molecule has 32 heavy (non-hydrogen) atoms. The molecule has 1 atom stereocenters. The molecule has 1 fully saturated rings. The van der Waals surface area contributed by atoms with Crippen molar-refractivity contribution in [3.05, 3.63) is 46.0 Å². The number of rotatable bonds is 2. The van der Waals surface area contributed by atoms with E-state index in [-0.39, 0.29) is 12.2 Å². The van der Waals surface area contributed by atoms with E-state index in [0.29, 0.717) is 25.9 Å². The third kappa shape index (κ3) is 4.01. The van der Waals surface area contributed by atoms with E-state index in [1.54, 1.807) is 15.9 Å². The number of aryl methyl sites for hydroxylation is 2. The molecule has 0 aliphatic carbocycles. The van der Waals surface area contributed by atoms with Crippen molar-refractivity contribution in [3.8, 4) is 0 Å². The molecule has 174 valence electrons. The quantitative estimate of drug-likeness (QED) is 0.627. The first-order valence-corrected chi connectivity index (χ1v) is 11.5. The van der Waals surface area contributed by atoms with Crippen molar-refractivity contribution in [2.75, 3.05) is 13.1 Å². The van der Waals surface area contributed by atoms with Crippen LogP contribution in [0.1, 0.15) is 76.1 Å². The molecule has 0 radical (unpaired) electrons. The third-order valence-electron chi connectivity index (χ3n) is 6.50. The van der Waals surface area contributed by atoms with E-state index in [1.807, 2.05) is 34.7 Å². The summed E-state index contributed by atoms with van der Waals surface area (Å²) < 4.78 is 14.2. The second-order valence-corrected chi connectivity index (χ2v) is 11.0. The van der Waals surface area contributed by atoms with Crippen LogP contribution in [0.4, 0.5) is 4.79 Å². The Labute approximate surface area is 195 Å². The molecule has 8 heteroatoms. The number of amides is 1. The van der Waals surface area contributed by atoms with Crippen molar-refractivity contribution in [2.24, 2.45) is 7.05 Å². The van der Waals surface area contributed by atoms with Crippen LogP contribution in [0.5, 0.6) is 0 Å². The summed E-state index contributed by atoms with van der Waals surface area (Å²) >= 11 is 6.56. The summed E-state index contributed by atoms with van der Waals surface area (Å²) in [4.78, 5) is 18.9. The van der Waals surface area contributed by atoms with Gasteiger partial charge in [-0.1, -0.05) is 17.7 Å². The lowest BCUT2D eigenvalue weighted by Gasteiger charge is -2.41. The molecule has 1 saturated heterocycles. The average Bonchev–Trinajstić information content (AvgIpc) is 3.25. The summed E-state index contributed by atoms with van der Waals surface area (Å²) in [6.45, 7) is 13.0. The summed E-state index contributed by atoms with van der Waals surface area (Å²) in [6, 6.07) is 4.19. The number of ether oxygens (including phenoxy) is 2. The molecule has 2 aliphatic rings. The molecule has 4 rings (SSSR count). The first kappa shape index (κ1) is 23.1. The Morgan fingerprint density at radius 2 is 1.88 bits per heavy atom. The Bertz CT molecular complexity index is 1030. The minimum absolute atomic E-state index is 0.219. The highest BCUT2D eigenvalue weighted by molar-refractivity contribution is 6.31. The molecule has 2 aromatic rings. The molecule has 0 saturated carbocycles. The number of hydrogen-bond acceptors (Lipinski definition) is 5. The smallest absolute Gasteiger partial charge is 0.410 e. The Kier molecular flexibility index (Phi) is 5.57. The van der Waals surface area contributed by atoms with E-state index < -0.39 is 16.6 Å². The predicted octanol–water partition coefficient (Wildman–Crippen LogP) is 5.05. The average molecular weight is 461 g/mol. The minimum atomic E-state index is -0.515. The fraction of sp³-hybridized carbons (Fsp3) is 0.625. The number of aromatic nitrogens is 3. The molecule has 7 nitrogen and oxygen atoms in total. The van der Waals surface area contributed by atoms with Crippen LogP contribution in [-0.4, -0.2) is 44.4 Å². The molecule has 1 aromatic carbocycles. The van der Waals surface area contributed by atoms with Crippen molar-refractivity contribution in [3.63, 3.8) is 0 Å². The molecule has 0 unspecified atom stereocenters. The largest absolute Gasteiger partial charge is 0.444 e. The van der Waals surface area contributed by atoms with E-state index >= 15 is 0 Å². The van der Waals surface area contributed by atoms with Gasteiger partial charge in [-0.25, -0.2) is 9.78 Å². The number of piperidine rings is 1. The Morgan fingerprint density at radius 1 is 1.22 bits per heavy atom. The highest BCUT2D eigenvalue weighted by Gasteiger charge is 2.53. The summed E-state index contributed by atoms with van der Waals surface area (Å²) in [6.07, 6.45) is 2.59. The van der Waals surface area contributed by atoms with Crippen molar-refractivity contribution >= 4 is 17.7 Å². The Morgan fingerprint density at radius 3 is 2.44 bits per heavy atom.